The molecule has 1 amide bonds. The third-order valence-corrected chi connectivity index (χ3v) is 4.15. The maximum absolute atomic E-state index is 12.5. The van der Waals surface area contributed by atoms with Gasteiger partial charge < -0.3 is 15.0 Å². The summed E-state index contributed by atoms with van der Waals surface area (Å²) in [4.78, 5) is 14.4. The fourth-order valence-corrected chi connectivity index (χ4v) is 2.97. The lowest BCUT2D eigenvalue weighted by atomic mass is 10.1. The van der Waals surface area contributed by atoms with Crippen molar-refractivity contribution in [2.45, 2.75) is 38.3 Å². The smallest absolute Gasteiger partial charge is 0.276 e. The van der Waals surface area contributed by atoms with Gasteiger partial charge in [0.15, 0.2) is 5.69 Å². The largest absolute Gasteiger partial charge is 0.377 e. The van der Waals surface area contributed by atoms with Crippen molar-refractivity contribution < 1.29 is 9.53 Å². The third kappa shape index (κ3) is 3.41. The van der Waals surface area contributed by atoms with Gasteiger partial charge in [-0.2, -0.15) is 0 Å². The summed E-state index contributed by atoms with van der Waals surface area (Å²) in [5.74, 6) is -0.0347. The van der Waals surface area contributed by atoms with Crippen LogP contribution in [-0.4, -0.2) is 64.7 Å². The second kappa shape index (κ2) is 6.53. The van der Waals surface area contributed by atoms with Crippen molar-refractivity contribution in [1.82, 2.24) is 25.2 Å². The van der Waals surface area contributed by atoms with Gasteiger partial charge in [-0.3, -0.25) is 4.79 Å². The van der Waals surface area contributed by atoms with E-state index in [0.29, 0.717) is 24.9 Å². The van der Waals surface area contributed by atoms with Gasteiger partial charge in [-0.05, 0) is 39.3 Å². The Morgan fingerprint density at radius 2 is 2.24 bits per heavy atom. The Morgan fingerprint density at radius 1 is 1.43 bits per heavy atom. The first-order valence-corrected chi connectivity index (χ1v) is 7.77. The zero-order valence-corrected chi connectivity index (χ0v) is 12.5. The van der Waals surface area contributed by atoms with Crippen LogP contribution in [-0.2, 0) is 4.74 Å². The monoisotopic (exact) mass is 293 g/mol. The maximum Gasteiger partial charge on any atom is 0.276 e. The number of hydrogen-bond donors (Lipinski definition) is 1. The van der Waals surface area contributed by atoms with Crippen LogP contribution in [0.15, 0.2) is 6.20 Å². The van der Waals surface area contributed by atoms with Crippen LogP contribution in [0.1, 0.15) is 42.7 Å². The maximum atomic E-state index is 12.5. The fourth-order valence-electron chi connectivity index (χ4n) is 2.97. The second-order valence-corrected chi connectivity index (χ2v) is 5.85. The predicted molar refractivity (Wildman–Crippen MR) is 77.1 cm³/mol. The molecular weight excluding hydrogens is 270 g/mol. The number of nitrogens with one attached hydrogen (secondary N) is 1. The molecule has 0 saturated carbocycles. The van der Waals surface area contributed by atoms with Gasteiger partial charge >= 0.3 is 0 Å². The Labute approximate surface area is 124 Å². The van der Waals surface area contributed by atoms with Crippen molar-refractivity contribution in [2.75, 3.05) is 32.8 Å². The number of amides is 1. The first-order valence-electron chi connectivity index (χ1n) is 7.77. The quantitative estimate of drug-likeness (QED) is 0.857. The lowest BCUT2D eigenvalue weighted by Crippen LogP contribution is -2.36. The Hall–Kier alpha value is -1.47. The molecule has 0 aromatic carbocycles. The number of carbonyl (C=O) groups excluding carboxylic acids is 1. The number of aromatic nitrogens is 3. The molecule has 1 aromatic rings. The lowest BCUT2D eigenvalue weighted by molar-refractivity contribution is 0.0559. The molecule has 1 unspecified atom stereocenters. The first kappa shape index (κ1) is 14.5. The van der Waals surface area contributed by atoms with Crippen molar-refractivity contribution in [3.8, 4) is 0 Å². The highest BCUT2D eigenvalue weighted by Crippen LogP contribution is 2.18. The lowest BCUT2D eigenvalue weighted by Gasteiger charge is -2.22. The van der Waals surface area contributed by atoms with E-state index < -0.39 is 0 Å². The van der Waals surface area contributed by atoms with E-state index in [0.717, 1.165) is 38.9 Å². The molecule has 0 bridgehead atoms. The number of nitrogens with zero attached hydrogens (tertiary/aromatic N) is 4. The van der Waals surface area contributed by atoms with Crippen LogP contribution in [0.2, 0.25) is 0 Å². The van der Waals surface area contributed by atoms with E-state index >= 15 is 0 Å². The van der Waals surface area contributed by atoms with Crippen molar-refractivity contribution in [1.29, 1.82) is 0 Å². The molecule has 2 fully saturated rings. The summed E-state index contributed by atoms with van der Waals surface area (Å²) in [5, 5.41) is 11.6. The average Bonchev–Trinajstić information content (AvgIpc) is 2.90. The number of ether oxygens (including phenoxy) is 1. The molecule has 0 radical (unpaired) electrons. The average molecular weight is 293 g/mol. The minimum Gasteiger partial charge on any atom is -0.377 e. The topological polar surface area (TPSA) is 72.3 Å². The molecule has 2 aliphatic rings. The molecule has 0 spiro atoms. The van der Waals surface area contributed by atoms with E-state index in [1.165, 1.54) is 0 Å². The second-order valence-electron chi connectivity index (χ2n) is 5.85. The molecule has 7 heteroatoms. The summed E-state index contributed by atoms with van der Waals surface area (Å²) in [5.41, 5.74) is 0.447. The molecule has 1 atom stereocenters. The van der Waals surface area contributed by atoms with Gasteiger partial charge in [-0.15, -0.1) is 5.10 Å². The molecule has 3 heterocycles. The van der Waals surface area contributed by atoms with Crippen molar-refractivity contribution in [3.05, 3.63) is 11.9 Å². The Morgan fingerprint density at radius 3 is 3.05 bits per heavy atom. The molecule has 116 valence electrons. The molecule has 1 N–H and O–H groups in total. The molecular formula is C14H23N5O2. The van der Waals surface area contributed by atoms with Crippen LogP contribution >= 0.6 is 0 Å². The van der Waals surface area contributed by atoms with E-state index in [4.69, 9.17) is 4.74 Å². The number of carbonyl (C=O) groups is 1. The zero-order valence-electron chi connectivity index (χ0n) is 12.5. The van der Waals surface area contributed by atoms with Crippen molar-refractivity contribution >= 4 is 5.91 Å². The molecule has 7 nitrogen and oxygen atoms in total. The van der Waals surface area contributed by atoms with Gasteiger partial charge in [0.25, 0.3) is 5.91 Å². The Kier molecular flexibility index (Phi) is 4.50. The third-order valence-electron chi connectivity index (χ3n) is 4.15. The summed E-state index contributed by atoms with van der Waals surface area (Å²) in [6.45, 7) is 6.05. The molecule has 1 aromatic heterocycles. The summed E-state index contributed by atoms with van der Waals surface area (Å²) < 4.78 is 7.43. The number of hydrogen-bond acceptors (Lipinski definition) is 5. The van der Waals surface area contributed by atoms with Crippen LogP contribution in [0, 0.1) is 0 Å². The molecule has 21 heavy (non-hydrogen) atoms. The summed E-state index contributed by atoms with van der Waals surface area (Å²) in [6, 6.07) is 0.353. The first-order chi connectivity index (χ1) is 10.2. The van der Waals surface area contributed by atoms with Crippen LogP contribution in [0.4, 0.5) is 0 Å². The Bertz CT molecular complexity index is 483. The van der Waals surface area contributed by atoms with Crippen LogP contribution in [0.3, 0.4) is 0 Å². The number of piperidine rings is 1. The van der Waals surface area contributed by atoms with Gasteiger partial charge in [0.1, 0.15) is 0 Å². The Balaban J connectivity index is 1.68. The highest BCUT2D eigenvalue weighted by Gasteiger charge is 2.24. The normalized spacial score (nSPS) is 24.8. The van der Waals surface area contributed by atoms with Gasteiger partial charge in [0.05, 0.1) is 18.3 Å². The van der Waals surface area contributed by atoms with Gasteiger partial charge in [-0.25, -0.2) is 4.68 Å². The van der Waals surface area contributed by atoms with Crippen LogP contribution in [0.5, 0.6) is 0 Å². The fraction of sp³-hybridized carbons (Fsp3) is 0.786. The molecule has 2 aliphatic heterocycles. The summed E-state index contributed by atoms with van der Waals surface area (Å²) in [6.07, 6.45) is 4.82. The minimum atomic E-state index is -0.0347. The highest BCUT2D eigenvalue weighted by molar-refractivity contribution is 5.92. The van der Waals surface area contributed by atoms with E-state index in [9.17, 15) is 4.79 Å². The molecule has 3 rings (SSSR count). The van der Waals surface area contributed by atoms with Gasteiger partial charge in [0.2, 0.25) is 0 Å². The van der Waals surface area contributed by atoms with Crippen molar-refractivity contribution in [2.24, 2.45) is 0 Å². The van der Waals surface area contributed by atoms with E-state index in [1.807, 2.05) is 16.5 Å². The zero-order chi connectivity index (χ0) is 14.7. The minimum absolute atomic E-state index is 0.0347. The summed E-state index contributed by atoms with van der Waals surface area (Å²) >= 11 is 0. The van der Waals surface area contributed by atoms with E-state index in [-0.39, 0.29) is 12.0 Å². The molecule has 0 aliphatic carbocycles. The van der Waals surface area contributed by atoms with Crippen molar-refractivity contribution in [3.63, 3.8) is 0 Å². The van der Waals surface area contributed by atoms with E-state index in [2.05, 4.69) is 15.6 Å². The predicted octanol–water partition coefficient (Wildman–Crippen LogP) is 0.454. The molecule has 2 saturated heterocycles. The number of rotatable bonds is 2. The summed E-state index contributed by atoms with van der Waals surface area (Å²) in [7, 11) is 0. The van der Waals surface area contributed by atoms with Gasteiger partial charge in [-0.1, -0.05) is 5.21 Å². The standard InChI is InChI=1S/C14H23N5O2/c1-11-9-18(7-2-8-21-11)14(20)13-10-19(17-16-13)12-3-5-15-6-4-12/h10-12,15H,2-9H2,1H3. The van der Waals surface area contributed by atoms with Crippen LogP contribution < -0.4 is 5.32 Å². The highest BCUT2D eigenvalue weighted by atomic mass is 16.5. The van der Waals surface area contributed by atoms with Gasteiger partial charge in [0, 0.05) is 19.7 Å². The van der Waals surface area contributed by atoms with Crippen LogP contribution in [0.25, 0.3) is 0 Å². The van der Waals surface area contributed by atoms with E-state index in [1.54, 1.807) is 6.20 Å². The SMILES string of the molecule is CC1CN(C(=O)c2cn(C3CCNCC3)nn2)CCCO1.